The quantitative estimate of drug-likeness (QED) is 0.716. The lowest BCUT2D eigenvalue weighted by atomic mass is 10.1. The normalized spacial score (nSPS) is 10.9. The Bertz CT molecular complexity index is 1110. The molecule has 0 unspecified atom stereocenters. The maximum Gasteiger partial charge on any atom is 0.266 e. The number of rotatable bonds is 5. The minimum absolute atomic E-state index is 0.0770. The highest BCUT2D eigenvalue weighted by Gasteiger charge is 2.20. The van der Waals surface area contributed by atoms with Crippen molar-refractivity contribution in [2.45, 2.75) is 20.8 Å². The van der Waals surface area contributed by atoms with Crippen molar-refractivity contribution in [2.75, 3.05) is 18.4 Å². The lowest BCUT2D eigenvalue weighted by Crippen LogP contribution is -2.30. The second-order valence-electron chi connectivity index (χ2n) is 6.41. The molecule has 1 aromatic carbocycles. The molecule has 3 rings (SSSR count). The van der Waals surface area contributed by atoms with Gasteiger partial charge in [0, 0.05) is 31.4 Å². The first kappa shape index (κ1) is 19.8. The van der Waals surface area contributed by atoms with Crippen molar-refractivity contribution in [3.63, 3.8) is 0 Å². The molecule has 0 bridgehead atoms. The van der Waals surface area contributed by atoms with E-state index >= 15 is 0 Å². The van der Waals surface area contributed by atoms with Gasteiger partial charge in [0.1, 0.15) is 4.83 Å². The zero-order valence-electron chi connectivity index (χ0n) is 16.3. The molecule has 2 heterocycles. The Kier molecular flexibility index (Phi) is 5.60. The first-order chi connectivity index (χ1) is 13.4. The van der Waals surface area contributed by atoms with Gasteiger partial charge in [-0.3, -0.25) is 14.4 Å². The van der Waals surface area contributed by atoms with E-state index in [4.69, 9.17) is 0 Å². The molecule has 7 nitrogen and oxygen atoms in total. The van der Waals surface area contributed by atoms with E-state index in [0.29, 0.717) is 45.0 Å². The molecule has 2 aromatic heterocycles. The summed E-state index contributed by atoms with van der Waals surface area (Å²) in [5, 5.41) is 3.29. The zero-order valence-corrected chi connectivity index (χ0v) is 17.1. The summed E-state index contributed by atoms with van der Waals surface area (Å²) in [6.45, 7) is 6.84. The van der Waals surface area contributed by atoms with E-state index in [1.807, 2.05) is 13.8 Å². The van der Waals surface area contributed by atoms with E-state index in [1.54, 1.807) is 43.1 Å². The van der Waals surface area contributed by atoms with Crippen LogP contribution in [-0.2, 0) is 7.05 Å². The summed E-state index contributed by atoms with van der Waals surface area (Å²) in [6.07, 6.45) is 1.45. The number of hydrogen-bond acceptors (Lipinski definition) is 5. The number of aromatic nitrogens is 2. The topological polar surface area (TPSA) is 84.3 Å². The van der Waals surface area contributed by atoms with Gasteiger partial charge < -0.3 is 14.8 Å². The minimum atomic E-state index is -0.324. The first-order valence-electron chi connectivity index (χ1n) is 9.02. The molecule has 1 N–H and O–H groups in total. The van der Waals surface area contributed by atoms with Crippen LogP contribution in [0.2, 0.25) is 0 Å². The Morgan fingerprint density at radius 1 is 1.25 bits per heavy atom. The third-order valence-corrected chi connectivity index (χ3v) is 5.83. The van der Waals surface area contributed by atoms with Gasteiger partial charge in [0.05, 0.1) is 16.6 Å². The smallest absolute Gasteiger partial charge is 0.266 e. The van der Waals surface area contributed by atoms with Crippen LogP contribution in [0.5, 0.6) is 0 Å². The Hall–Kier alpha value is -3.00. The molecule has 8 heteroatoms. The number of anilines is 1. The molecule has 0 aliphatic heterocycles. The second kappa shape index (κ2) is 7.93. The van der Waals surface area contributed by atoms with Crippen molar-refractivity contribution in [1.82, 2.24) is 14.5 Å². The Labute approximate surface area is 166 Å². The van der Waals surface area contributed by atoms with Gasteiger partial charge >= 0.3 is 0 Å². The summed E-state index contributed by atoms with van der Waals surface area (Å²) < 4.78 is 1.39. The number of nitrogens with one attached hydrogen (secondary N) is 1. The van der Waals surface area contributed by atoms with Crippen LogP contribution in [0.1, 0.15) is 39.4 Å². The fourth-order valence-electron chi connectivity index (χ4n) is 3.04. The Morgan fingerprint density at radius 3 is 2.64 bits per heavy atom. The van der Waals surface area contributed by atoms with Gasteiger partial charge in [0.2, 0.25) is 0 Å². The van der Waals surface area contributed by atoms with Gasteiger partial charge in [-0.25, -0.2) is 4.98 Å². The number of aryl methyl sites for hydroxylation is 2. The summed E-state index contributed by atoms with van der Waals surface area (Å²) in [4.78, 5) is 44.6. The van der Waals surface area contributed by atoms with Gasteiger partial charge in [-0.2, -0.15) is 0 Å². The standard InChI is InChI=1S/C20H22N4O3S/c1-5-24(6-2)19(26)13-8-7-9-14(10-13)22-17(25)16-12(3)15-18(28-16)21-11-23(4)20(15)27/h7-11H,5-6H2,1-4H3,(H,22,25). The third kappa shape index (κ3) is 3.55. The average molecular weight is 398 g/mol. The molecule has 146 valence electrons. The number of nitrogens with zero attached hydrogens (tertiary/aromatic N) is 3. The molecule has 0 aliphatic rings. The van der Waals surface area contributed by atoms with Crippen LogP contribution in [0.4, 0.5) is 5.69 Å². The van der Waals surface area contributed by atoms with Gasteiger partial charge in [0.15, 0.2) is 0 Å². The van der Waals surface area contributed by atoms with Crippen LogP contribution in [0.25, 0.3) is 10.2 Å². The first-order valence-corrected chi connectivity index (χ1v) is 9.84. The summed E-state index contributed by atoms with van der Waals surface area (Å²) >= 11 is 1.19. The van der Waals surface area contributed by atoms with Crippen molar-refractivity contribution in [3.05, 3.63) is 57.0 Å². The maximum absolute atomic E-state index is 12.8. The van der Waals surface area contributed by atoms with E-state index in [-0.39, 0.29) is 17.4 Å². The maximum atomic E-state index is 12.8. The number of thiophene rings is 1. The molecular weight excluding hydrogens is 376 g/mol. The van der Waals surface area contributed by atoms with Gasteiger partial charge in [-0.1, -0.05) is 6.07 Å². The monoisotopic (exact) mass is 398 g/mol. The fraction of sp³-hybridized carbons (Fsp3) is 0.300. The SMILES string of the molecule is CCN(CC)C(=O)c1cccc(NC(=O)c2sc3ncn(C)c(=O)c3c2C)c1. The summed E-state index contributed by atoms with van der Waals surface area (Å²) in [5.41, 5.74) is 1.48. The highest BCUT2D eigenvalue weighted by molar-refractivity contribution is 7.20. The van der Waals surface area contributed by atoms with Crippen LogP contribution < -0.4 is 10.9 Å². The highest BCUT2D eigenvalue weighted by Crippen LogP contribution is 2.27. The Balaban J connectivity index is 1.90. The van der Waals surface area contributed by atoms with E-state index in [2.05, 4.69) is 10.3 Å². The van der Waals surface area contributed by atoms with Crippen LogP contribution in [0.15, 0.2) is 35.4 Å². The number of hydrogen-bond donors (Lipinski definition) is 1. The van der Waals surface area contributed by atoms with Crippen LogP contribution >= 0.6 is 11.3 Å². The van der Waals surface area contributed by atoms with Gasteiger partial charge in [-0.15, -0.1) is 11.3 Å². The second-order valence-corrected chi connectivity index (χ2v) is 7.41. The van der Waals surface area contributed by atoms with E-state index in [0.717, 1.165) is 0 Å². The number of fused-ring (bicyclic) bond motifs is 1. The Morgan fingerprint density at radius 2 is 1.96 bits per heavy atom. The van der Waals surface area contributed by atoms with E-state index in [9.17, 15) is 14.4 Å². The molecule has 0 fully saturated rings. The van der Waals surface area contributed by atoms with E-state index in [1.165, 1.54) is 22.2 Å². The molecule has 3 aromatic rings. The number of carbonyl (C=O) groups excluding carboxylic acids is 2. The molecule has 0 atom stereocenters. The molecule has 0 spiro atoms. The molecule has 0 radical (unpaired) electrons. The number of benzene rings is 1. The van der Waals surface area contributed by atoms with Gasteiger partial charge in [-0.05, 0) is 44.5 Å². The minimum Gasteiger partial charge on any atom is -0.339 e. The van der Waals surface area contributed by atoms with Crippen molar-refractivity contribution < 1.29 is 9.59 Å². The van der Waals surface area contributed by atoms with Crippen molar-refractivity contribution in [3.8, 4) is 0 Å². The largest absolute Gasteiger partial charge is 0.339 e. The molecule has 2 amide bonds. The molecule has 0 saturated carbocycles. The van der Waals surface area contributed by atoms with Crippen LogP contribution in [0.3, 0.4) is 0 Å². The van der Waals surface area contributed by atoms with Crippen molar-refractivity contribution >= 4 is 39.1 Å². The zero-order chi connectivity index (χ0) is 20.4. The lowest BCUT2D eigenvalue weighted by Gasteiger charge is -2.19. The average Bonchev–Trinajstić information content (AvgIpc) is 3.03. The van der Waals surface area contributed by atoms with Crippen LogP contribution in [-0.4, -0.2) is 39.4 Å². The summed E-state index contributed by atoms with van der Waals surface area (Å²) in [5.74, 6) is -0.401. The third-order valence-electron chi connectivity index (χ3n) is 4.63. The number of amides is 2. The number of carbonyl (C=O) groups is 2. The fourth-order valence-corrected chi connectivity index (χ4v) is 4.07. The van der Waals surface area contributed by atoms with E-state index < -0.39 is 0 Å². The lowest BCUT2D eigenvalue weighted by molar-refractivity contribution is 0.0772. The highest BCUT2D eigenvalue weighted by atomic mass is 32.1. The predicted octanol–water partition coefficient (Wildman–Crippen LogP) is 3.04. The van der Waals surface area contributed by atoms with Crippen molar-refractivity contribution in [1.29, 1.82) is 0 Å². The summed E-state index contributed by atoms with van der Waals surface area (Å²) in [6, 6.07) is 6.87. The summed E-state index contributed by atoms with van der Waals surface area (Å²) in [7, 11) is 1.63. The van der Waals surface area contributed by atoms with Crippen LogP contribution in [0, 0.1) is 6.92 Å². The van der Waals surface area contributed by atoms with Gasteiger partial charge in [0.25, 0.3) is 17.4 Å². The van der Waals surface area contributed by atoms with Crippen molar-refractivity contribution in [2.24, 2.45) is 7.05 Å². The molecule has 0 aliphatic carbocycles. The molecule has 28 heavy (non-hydrogen) atoms. The molecular formula is C20H22N4O3S. The molecule has 0 saturated heterocycles. The predicted molar refractivity (Wildman–Crippen MR) is 111 cm³/mol.